The maximum atomic E-state index is 13.5. The van der Waals surface area contributed by atoms with E-state index < -0.39 is 5.97 Å². The fraction of sp³-hybridized carbons (Fsp3) is 0.457. The van der Waals surface area contributed by atoms with Gasteiger partial charge in [0.1, 0.15) is 6.54 Å². The number of carboxylic acids is 1. The Hall–Kier alpha value is -3.91. The van der Waals surface area contributed by atoms with Crippen molar-refractivity contribution in [2.45, 2.75) is 70.8 Å². The summed E-state index contributed by atoms with van der Waals surface area (Å²) in [6.07, 6.45) is 9.88. The van der Waals surface area contributed by atoms with Gasteiger partial charge in [-0.15, -0.1) is 0 Å². The molecule has 1 aliphatic carbocycles. The van der Waals surface area contributed by atoms with Gasteiger partial charge in [0.15, 0.2) is 5.76 Å². The number of hydrogen-bond acceptors (Lipinski definition) is 5. The molecule has 8 heteroatoms. The van der Waals surface area contributed by atoms with Crippen molar-refractivity contribution in [3.8, 4) is 0 Å². The van der Waals surface area contributed by atoms with Crippen LogP contribution in [0.4, 0.5) is 11.4 Å². The van der Waals surface area contributed by atoms with Crippen molar-refractivity contribution in [1.82, 2.24) is 4.90 Å². The molecule has 0 spiro atoms. The van der Waals surface area contributed by atoms with Crippen molar-refractivity contribution in [3.63, 3.8) is 0 Å². The lowest BCUT2D eigenvalue weighted by Gasteiger charge is -2.38. The standard InChI is InChI=1S/C35H43N3O5/c1-26-13-15-29(16-14-26)38(35(42)32-12-7-23-43-32)30-18-21-36(22-19-30)20-17-28-10-5-6-11-31(28)37(25-34(40)41)33(39)24-27-8-3-2-4-9-27/h5-7,10-16,23,27,30H,2-4,8-9,17-22,24-25H2,1H3,(H,40,41). The van der Waals surface area contributed by atoms with Gasteiger partial charge in [-0.25, -0.2) is 0 Å². The Balaban J connectivity index is 1.23. The molecule has 2 fully saturated rings. The molecular formula is C35H43N3O5. The number of carbonyl (C=O) groups is 3. The molecule has 1 aromatic heterocycles. The minimum atomic E-state index is -1.00. The summed E-state index contributed by atoms with van der Waals surface area (Å²) in [5.41, 5.74) is 3.70. The molecule has 2 aromatic carbocycles. The molecule has 0 radical (unpaired) electrons. The van der Waals surface area contributed by atoms with Gasteiger partial charge in [-0.3, -0.25) is 14.4 Å². The summed E-state index contributed by atoms with van der Waals surface area (Å²) < 4.78 is 5.47. The maximum absolute atomic E-state index is 13.5. The number of amides is 2. The van der Waals surface area contributed by atoms with Crippen molar-refractivity contribution in [3.05, 3.63) is 83.8 Å². The van der Waals surface area contributed by atoms with Crippen LogP contribution in [0.5, 0.6) is 0 Å². The molecule has 0 atom stereocenters. The average molecular weight is 586 g/mol. The Kier molecular flexibility index (Phi) is 10.3. The number of nitrogens with zero attached hydrogens (tertiary/aromatic N) is 3. The largest absolute Gasteiger partial charge is 0.480 e. The van der Waals surface area contributed by atoms with E-state index >= 15 is 0 Å². The first-order valence-electron chi connectivity index (χ1n) is 15.6. The second kappa shape index (κ2) is 14.5. The van der Waals surface area contributed by atoms with E-state index in [4.69, 9.17) is 4.42 Å². The number of anilines is 2. The third kappa shape index (κ3) is 7.93. The summed E-state index contributed by atoms with van der Waals surface area (Å²) in [4.78, 5) is 44.4. The van der Waals surface area contributed by atoms with Gasteiger partial charge in [-0.2, -0.15) is 0 Å². The molecule has 2 amide bonds. The molecule has 8 nitrogen and oxygen atoms in total. The number of hydrogen-bond donors (Lipinski definition) is 1. The van der Waals surface area contributed by atoms with Crippen LogP contribution in [0.15, 0.2) is 71.3 Å². The van der Waals surface area contributed by atoms with Crippen molar-refractivity contribution < 1.29 is 23.9 Å². The number of para-hydroxylation sites is 1. The Bertz CT molecular complexity index is 1360. The van der Waals surface area contributed by atoms with Crippen LogP contribution in [0.1, 0.15) is 73.0 Å². The number of aryl methyl sites for hydroxylation is 1. The normalized spacial score (nSPS) is 16.6. The molecule has 1 saturated carbocycles. The van der Waals surface area contributed by atoms with Gasteiger partial charge < -0.3 is 24.2 Å². The lowest BCUT2D eigenvalue weighted by atomic mass is 9.86. The van der Waals surface area contributed by atoms with Crippen LogP contribution in [0.3, 0.4) is 0 Å². The predicted octanol–water partition coefficient (Wildman–Crippen LogP) is 6.33. The molecule has 43 heavy (non-hydrogen) atoms. The van der Waals surface area contributed by atoms with Crippen LogP contribution < -0.4 is 9.80 Å². The Morgan fingerprint density at radius 1 is 0.907 bits per heavy atom. The molecule has 0 unspecified atom stereocenters. The molecular weight excluding hydrogens is 542 g/mol. The predicted molar refractivity (Wildman–Crippen MR) is 167 cm³/mol. The van der Waals surface area contributed by atoms with E-state index in [0.717, 1.165) is 75.0 Å². The molecule has 2 heterocycles. The van der Waals surface area contributed by atoms with E-state index in [2.05, 4.69) is 4.90 Å². The first-order valence-corrected chi connectivity index (χ1v) is 15.6. The molecule has 1 aliphatic heterocycles. The van der Waals surface area contributed by atoms with Crippen LogP contribution in [0, 0.1) is 12.8 Å². The second-order valence-corrected chi connectivity index (χ2v) is 12.0. The SMILES string of the molecule is Cc1ccc(N(C(=O)c2ccco2)C2CCN(CCc3ccccc3N(CC(=O)O)C(=O)CC3CCCCC3)CC2)cc1. The number of likely N-dealkylation sites (tertiary alicyclic amines) is 1. The molecule has 228 valence electrons. The highest BCUT2D eigenvalue weighted by Gasteiger charge is 2.31. The first-order chi connectivity index (χ1) is 20.9. The number of piperidine rings is 1. The first kappa shape index (κ1) is 30.5. The molecule has 2 aliphatic rings. The highest BCUT2D eigenvalue weighted by atomic mass is 16.4. The van der Waals surface area contributed by atoms with Gasteiger partial charge in [0.05, 0.1) is 6.26 Å². The quantitative estimate of drug-likeness (QED) is 0.283. The zero-order valence-electron chi connectivity index (χ0n) is 25.1. The number of furan rings is 1. The van der Waals surface area contributed by atoms with E-state index in [1.165, 1.54) is 17.6 Å². The van der Waals surface area contributed by atoms with Gasteiger partial charge in [-0.05, 0) is 80.8 Å². The topological polar surface area (TPSA) is 94.3 Å². The summed E-state index contributed by atoms with van der Waals surface area (Å²) >= 11 is 0. The van der Waals surface area contributed by atoms with E-state index in [1.807, 2.05) is 60.4 Å². The zero-order valence-corrected chi connectivity index (χ0v) is 25.1. The number of rotatable bonds is 11. The highest BCUT2D eigenvalue weighted by molar-refractivity contribution is 6.04. The number of aliphatic carboxylic acids is 1. The van der Waals surface area contributed by atoms with Crippen LogP contribution in [0.25, 0.3) is 0 Å². The van der Waals surface area contributed by atoms with Crippen molar-refractivity contribution >= 4 is 29.2 Å². The van der Waals surface area contributed by atoms with Gasteiger partial charge in [0, 0.05) is 43.5 Å². The lowest BCUT2D eigenvalue weighted by molar-refractivity contribution is -0.136. The number of carboxylic acid groups (broad SMARTS) is 1. The highest BCUT2D eigenvalue weighted by Crippen LogP contribution is 2.30. The van der Waals surface area contributed by atoms with E-state index in [-0.39, 0.29) is 24.4 Å². The summed E-state index contributed by atoms with van der Waals surface area (Å²) in [5, 5.41) is 9.65. The number of benzene rings is 2. The number of carbonyl (C=O) groups excluding carboxylic acids is 2. The van der Waals surface area contributed by atoms with Gasteiger partial charge >= 0.3 is 5.97 Å². The molecule has 0 bridgehead atoms. The summed E-state index contributed by atoms with van der Waals surface area (Å²) in [6.45, 7) is 4.16. The van der Waals surface area contributed by atoms with E-state index in [1.54, 1.807) is 12.1 Å². The Morgan fingerprint density at radius 2 is 1.63 bits per heavy atom. The van der Waals surface area contributed by atoms with Gasteiger partial charge in [0.2, 0.25) is 5.91 Å². The average Bonchev–Trinajstić information content (AvgIpc) is 3.57. The maximum Gasteiger partial charge on any atom is 0.323 e. The molecule has 5 rings (SSSR count). The minimum absolute atomic E-state index is 0.0484. The van der Waals surface area contributed by atoms with Gasteiger partial charge in [0.25, 0.3) is 5.91 Å². The van der Waals surface area contributed by atoms with Crippen molar-refractivity contribution in [2.75, 3.05) is 36.0 Å². The van der Waals surface area contributed by atoms with E-state index in [9.17, 15) is 19.5 Å². The minimum Gasteiger partial charge on any atom is -0.480 e. The Morgan fingerprint density at radius 3 is 2.30 bits per heavy atom. The fourth-order valence-electron chi connectivity index (χ4n) is 6.57. The summed E-state index contributed by atoms with van der Waals surface area (Å²) in [5.74, 6) is -0.553. The molecule has 3 aromatic rings. The van der Waals surface area contributed by atoms with Gasteiger partial charge in [-0.1, -0.05) is 55.2 Å². The molecule has 1 N–H and O–H groups in total. The smallest absolute Gasteiger partial charge is 0.323 e. The summed E-state index contributed by atoms with van der Waals surface area (Å²) in [7, 11) is 0. The van der Waals surface area contributed by atoms with Crippen LogP contribution in [-0.2, 0) is 16.0 Å². The van der Waals surface area contributed by atoms with Crippen LogP contribution in [0.2, 0.25) is 0 Å². The monoisotopic (exact) mass is 585 g/mol. The summed E-state index contributed by atoms with van der Waals surface area (Å²) in [6, 6.07) is 19.3. The van der Waals surface area contributed by atoms with Crippen molar-refractivity contribution in [2.24, 2.45) is 5.92 Å². The van der Waals surface area contributed by atoms with E-state index in [0.29, 0.717) is 30.2 Å². The zero-order chi connectivity index (χ0) is 30.2. The van der Waals surface area contributed by atoms with Crippen LogP contribution >= 0.6 is 0 Å². The molecule has 1 saturated heterocycles. The third-order valence-corrected chi connectivity index (χ3v) is 8.95. The Labute approximate surface area is 254 Å². The fourth-order valence-corrected chi connectivity index (χ4v) is 6.57. The second-order valence-electron chi connectivity index (χ2n) is 12.0. The van der Waals surface area contributed by atoms with Crippen molar-refractivity contribution in [1.29, 1.82) is 0 Å². The lowest BCUT2D eigenvalue weighted by Crippen LogP contribution is -2.48. The third-order valence-electron chi connectivity index (χ3n) is 8.95. The van der Waals surface area contributed by atoms with Crippen LogP contribution in [-0.4, -0.2) is 60.0 Å².